The zero-order valence-corrected chi connectivity index (χ0v) is 20.1. The molecule has 0 aromatic heterocycles. The summed E-state index contributed by atoms with van der Waals surface area (Å²) in [7, 11) is 0. The first-order valence-corrected chi connectivity index (χ1v) is 11.8. The average molecular weight is 442 g/mol. The van der Waals surface area contributed by atoms with Crippen LogP contribution in [0, 0.1) is 18.8 Å². The molecule has 3 atom stereocenters. The van der Waals surface area contributed by atoms with E-state index in [4.69, 9.17) is 14.2 Å². The molecule has 1 aromatic rings. The molecule has 3 unspecified atom stereocenters. The van der Waals surface area contributed by atoms with E-state index in [0.29, 0.717) is 37.3 Å². The monoisotopic (exact) mass is 441 g/mol. The predicted molar refractivity (Wildman–Crippen MR) is 122 cm³/mol. The van der Waals surface area contributed by atoms with Gasteiger partial charge in [0.25, 0.3) is 0 Å². The van der Waals surface area contributed by atoms with Crippen molar-refractivity contribution in [2.75, 3.05) is 13.2 Å². The normalized spacial score (nSPS) is 28.5. The first-order valence-electron chi connectivity index (χ1n) is 11.8. The summed E-state index contributed by atoms with van der Waals surface area (Å²) in [6.07, 6.45) is 2.29. The molecule has 1 saturated carbocycles. The van der Waals surface area contributed by atoms with Crippen molar-refractivity contribution < 1.29 is 23.8 Å². The van der Waals surface area contributed by atoms with Crippen molar-refractivity contribution in [2.45, 2.75) is 78.6 Å². The molecule has 3 aliphatic rings. The molecule has 1 aromatic carbocycles. The highest BCUT2D eigenvalue weighted by atomic mass is 16.8. The van der Waals surface area contributed by atoms with Crippen molar-refractivity contribution in [2.24, 2.45) is 11.8 Å². The van der Waals surface area contributed by atoms with Gasteiger partial charge >= 0.3 is 6.09 Å². The Morgan fingerprint density at radius 1 is 1.12 bits per heavy atom. The van der Waals surface area contributed by atoms with E-state index in [1.165, 1.54) is 5.56 Å². The molecular weight excluding hydrogens is 406 g/mol. The highest BCUT2D eigenvalue weighted by Gasteiger charge is 2.60. The third-order valence-electron chi connectivity index (χ3n) is 6.96. The van der Waals surface area contributed by atoms with Crippen LogP contribution in [0.5, 0.6) is 0 Å². The molecule has 32 heavy (non-hydrogen) atoms. The SMILES string of the molecule is CCNC(=O)OC1=C(c2c(CC)cc(C)cc2CC)C(=O)C2CC3(COC(C)(C)O3)CC12. The molecule has 4 rings (SSSR count). The van der Waals surface area contributed by atoms with Crippen molar-refractivity contribution in [3.05, 3.63) is 40.1 Å². The lowest BCUT2D eigenvalue weighted by Gasteiger charge is -2.26. The lowest BCUT2D eigenvalue weighted by Crippen LogP contribution is -2.33. The molecule has 6 heteroatoms. The smallest absolute Gasteiger partial charge is 0.412 e. The van der Waals surface area contributed by atoms with Crippen LogP contribution in [0.4, 0.5) is 4.79 Å². The molecule has 2 fully saturated rings. The van der Waals surface area contributed by atoms with Gasteiger partial charge in [-0.25, -0.2) is 4.79 Å². The average Bonchev–Trinajstić information content (AvgIpc) is 3.32. The van der Waals surface area contributed by atoms with E-state index < -0.39 is 17.5 Å². The van der Waals surface area contributed by atoms with Crippen LogP contribution in [0.15, 0.2) is 17.9 Å². The van der Waals surface area contributed by atoms with Crippen LogP contribution < -0.4 is 5.32 Å². The van der Waals surface area contributed by atoms with Gasteiger partial charge in [0.2, 0.25) is 0 Å². The van der Waals surface area contributed by atoms with Gasteiger partial charge < -0.3 is 19.5 Å². The molecule has 2 aliphatic carbocycles. The maximum Gasteiger partial charge on any atom is 0.412 e. The van der Waals surface area contributed by atoms with E-state index in [-0.39, 0.29) is 17.6 Å². The number of Topliss-reactive ketones (excluding diaryl/α,β-unsaturated/α-hetero) is 1. The van der Waals surface area contributed by atoms with Crippen molar-refractivity contribution in [1.82, 2.24) is 5.32 Å². The number of rotatable bonds is 5. The molecule has 1 saturated heterocycles. The Balaban J connectivity index is 1.83. The minimum atomic E-state index is -0.670. The summed E-state index contributed by atoms with van der Waals surface area (Å²) in [6, 6.07) is 4.29. The zero-order chi connectivity index (χ0) is 23.3. The molecule has 1 N–H and O–H groups in total. The van der Waals surface area contributed by atoms with Crippen LogP contribution in [0.1, 0.15) is 69.7 Å². The molecule has 6 nitrogen and oxygen atoms in total. The maximum atomic E-state index is 13.9. The van der Waals surface area contributed by atoms with Gasteiger partial charge in [-0.15, -0.1) is 0 Å². The highest BCUT2D eigenvalue weighted by molar-refractivity contribution is 6.26. The third kappa shape index (κ3) is 3.88. The molecule has 1 heterocycles. The van der Waals surface area contributed by atoms with E-state index in [2.05, 4.69) is 38.2 Å². The number of benzene rings is 1. The van der Waals surface area contributed by atoms with Crippen LogP contribution in [-0.4, -0.2) is 36.4 Å². The summed E-state index contributed by atoms with van der Waals surface area (Å²) in [5, 5.41) is 2.72. The molecule has 174 valence electrons. The van der Waals surface area contributed by atoms with Gasteiger partial charge in [0.1, 0.15) is 5.76 Å². The van der Waals surface area contributed by atoms with Crippen molar-refractivity contribution in [3.8, 4) is 0 Å². The van der Waals surface area contributed by atoms with Crippen LogP contribution in [-0.2, 0) is 31.8 Å². The van der Waals surface area contributed by atoms with Crippen molar-refractivity contribution >= 4 is 17.4 Å². The van der Waals surface area contributed by atoms with Gasteiger partial charge in [0.15, 0.2) is 11.6 Å². The van der Waals surface area contributed by atoms with E-state index in [0.717, 1.165) is 29.5 Å². The van der Waals surface area contributed by atoms with E-state index in [9.17, 15) is 9.59 Å². The van der Waals surface area contributed by atoms with Gasteiger partial charge in [0, 0.05) is 18.4 Å². The Morgan fingerprint density at radius 2 is 1.75 bits per heavy atom. The summed E-state index contributed by atoms with van der Waals surface area (Å²) < 4.78 is 18.0. The predicted octanol–water partition coefficient (Wildman–Crippen LogP) is 4.71. The molecule has 1 spiro atoms. The minimum Gasteiger partial charge on any atom is -0.414 e. The summed E-state index contributed by atoms with van der Waals surface area (Å²) >= 11 is 0. The van der Waals surface area contributed by atoms with E-state index >= 15 is 0 Å². The molecule has 0 radical (unpaired) electrons. The maximum absolute atomic E-state index is 13.9. The Labute approximate surface area is 190 Å². The Hall–Kier alpha value is -2.18. The van der Waals surface area contributed by atoms with Gasteiger partial charge in [0.05, 0.1) is 17.8 Å². The Bertz CT molecular complexity index is 953. The van der Waals surface area contributed by atoms with Crippen LogP contribution in [0.2, 0.25) is 0 Å². The summed E-state index contributed by atoms with van der Waals surface area (Å²) in [6.45, 7) is 12.8. The second-order valence-corrected chi connectivity index (χ2v) is 9.78. The Morgan fingerprint density at radius 3 is 2.28 bits per heavy atom. The topological polar surface area (TPSA) is 73.9 Å². The third-order valence-corrected chi connectivity index (χ3v) is 6.96. The number of alkyl carbamates (subject to hydrolysis) is 1. The summed E-state index contributed by atoms with van der Waals surface area (Å²) in [5.74, 6) is -0.551. The Kier molecular flexibility index (Phi) is 5.97. The lowest BCUT2D eigenvalue weighted by molar-refractivity contribution is -0.161. The molecule has 1 amide bonds. The number of nitrogens with one attached hydrogen (secondary N) is 1. The fourth-order valence-corrected chi connectivity index (χ4v) is 5.77. The number of fused-ring (bicyclic) bond motifs is 1. The second kappa shape index (κ2) is 8.31. The fraction of sp³-hybridized carbons (Fsp3) is 0.615. The van der Waals surface area contributed by atoms with E-state index in [1.807, 2.05) is 20.8 Å². The number of amides is 1. The number of hydrogen-bond acceptors (Lipinski definition) is 5. The first kappa shape index (κ1) is 23.0. The summed E-state index contributed by atoms with van der Waals surface area (Å²) in [5.41, 5.74) is 4.46. The standard InChI is InChI=1S/C26H35NO5/c1-7-16-10-15(4)11-17(8-2)20(16)21-22(28)18-12-26(14-30-25(5,6)32-26)13-19(18)23(21)31-24(29)27-9-3/h10-11,18-19H,7-9,12-14H2,1-6H3,(H,27,29). The number of carbonyl (C=O) groups excluding carboxylic acids is 2. The number of ether oxygens (including phenoxy) is 3. The minimum absolute atomic E-state index is 0.0627. The summed E-state index contributed by atoms with van der Waals surface area (Å²) in [4.78, 5) is 26.4. The zero-order valence-electron chi connectivity index (χ0n) is 20.1. The van der Waals surface area contributed by atoms with Gasteiger partial charge in [-0.2, -0.15) is 0 Å². The van der Waals surface area contributed by atoms with Gasteiger partial charge in [-0.3, -0.25) is 4.79 Å². The highest BCUT2D eigenvalue weighted by Crippen LogP contribution is 2.56. The van der Waals surface area contributed by atoms with Crippen LogP contribution >= 0.6 is 0 Å². The number of ketones is 1. The second-order valence-electron chi connectivity index (χ2n) is 9.78. The molecule has 1 aliphatic heterocycles. The van der Waals surface area contributed by atoms with Crippen molar-refractivity contribution in [3.63, 3.8) is 0 Å². The van der Waals surface area contributed by atoms with Gasteiger partial charge in [-0.1, -0.05) is 31.5 Å². The van der Waals surface area contributed by atoms with Crippen LogP contribution in [0.25, 0.3) is 5.57 Å². The molecular formula is C26H35NO5. The lowest BCUT2D eigenvalue weighted by atomic mass is 9.86. The number of allylic oxidation sites excluding steroid dienone is 2. The van der Waals surface area contributed by atoms with Crippen molar-refractivity contribution in [1.29, 1.82) is 0 Å². The number of aryl methyl sites for hydroxylation is 3. The number of carbonyl (C=O) groups is 2. The van der Waals surface area contributed by atoms with Crippen LogP contribution in [0.3, 0.4) is 0 Å². The fourth-order valence-electron chi connectivity index (χ4n) is 5.77. The largest absolute Gasteiger partial charge is 0.414 e. The van der Waals surface area contributed by atoms with Gasteiger partial charge in [-0.05, 0) is 70.1 Å². The first-order chi connectivity index (χ1) is 15.1. The number of hydrogen-bond donors (Lipinski definition) is 1. The van der Waals surface area contributed by atoms with E-state index in [1.54, 1.807) is 0 Å². The quantitative estimate of drug-likeness (QED) is 0.716. The molecule has 0 bridgehead atoms.